The summed E-state index contributed by atoms with van der Waals surface area (Å²) in [4.78, 5) is 8.30. The third-order valence-corrected chi connectivity index (χ3v) is 4.83. The standard InChI is InChI=1S/C17H28N4O3/c1-20(2)8-9-21(3)15-16(22)14(13-11-23-17(15)24-13)19-10-12-4-6-18-7-5-12/h4-7,13-17,19,22H,8-11H2,1-3H3/t13-,14+,15-,16-,17+/m0/s1. The van der Waals surface area contributed by atoms with Gasteiger partial charge in [0, 0.05) is 32.0 Å². The van der Waals surface area contributed by atoms with Crippen molar-refractivity contribution >= 4 is 0 Å². The summed E-state index contributed by atoms with van der Waals surface area (Å²) in [5.41, 5.74) is 1.13. The summed E-state index contributed by atoms with van der Waals surface area (Å²) in [6, 6.07) is 3.62. The van der Waals surface area contributed by atoms with E-state index in [0.29, 0.717) is 13.2 Å². The van der Waals surface area contributed by atoms with Gasteiger partial charge in [0.15, 0.2) is 6.29 Å². The molecule has 0 unspecified atom stereocenters. The van der Waals surface area contributed by atoms with Crippen LogP contribution in [-0.4, -0.2) is 91.3 Å². The van der Waals surface area contributed by atoms with Gasteiger partial charge in [-0.1, -0.05) is 0 Å². The lowest BCUT2D eigenvalue weighted by Crippen LogP contribution is -2.64. The molecule has 0 radical (unpaired) electrons. The van der Waals surface area contributed by atoms with Gasteiger partial charge in [0.1, 0.15) is 6.10 Å². The van der Waals surface area contributed by atoms with Gasteiger partial charge in [-0.25, -0.2) is 0 Å². The number of pyridine rings is 1. The van der Waals surface area contributed by atoms with Gasteiger partial charge < -0.3 is 24.8 Å². The molecular formula is C17H28N4O3. The van der Waals surface area contributed by atoms with E-state index in [9.17, 15) is 5.11 Å². The van der Waals surface area contributed by atoms with Crippen LogP contribution in [0.2, 0.25) is 0 Å². The minimum absolute atomic E-state index is 0.106. The molecule has 1 aromatic heterocycles. The lowest BCUT2D eigenvalue weighted by molar-refractivity contribution is -0.179. The van der Waals surface area contributed by atoms with Gasteiger partial charge in [0.2, 0.25) is 0 Å². The quantitative estimate of drug-likeness (QED) is 0.697. The van der Waals surface area contributed by atoms with E-state index in [1.54, 1.807) is 12.4 Å². The van der Waals surface area contributed by atoms with Gasteiger partial charge in [-0.15, -0.1) is 0 Å². The Balaban J connectivity index is 1.64. The highest BCUT2D eigenvalue weighted by atomic mass is 16.7. The third kappa shape index (κ3) is 3.93. The van der Waals surface area contributed by atoms with Crippen LogP contribution in [0.4, 0.5) is 0 Å². The number of nitrogens with one attached hydrogen (secondary N) is 1. The van der Waals surface area contributed by atoms with Crippen molar-refractivity contribution in [2.75, 3.05) is 40.8 Å². The lowest BCUT2D eigenvalue weighted by Gasteiger charge is -2.43. The maximum atomic E-state index is 10.9. The average Bonchev–Trinajstić information content (AvgIpc) is 2.99. The van der Waals surface area contributed by atoms with Crippen LogP contribution >= 0.6 is 0 Å². The van der Waals surface area contributed by atoms with E-state index in [0.717, 1.165) is 18.7 Å². The number of likely N-dealkylation sites (N-methyl/N-ethyl adjacent to an activating group) is 2. The number of aliphatic hydroxyl groups excluding tert-OH is 1. The molecule has 0 amide bonds. The first-order chi connectivity index (χ1) is 11.6. The van der Waals surface area contributed by atoms with Gasteiger partial charge in [-0.2, -0.15) is 0 Å². The molecule has 2 saturated heterocycles. The molecule has 2 N–H and O–H groups in total. The summed E-state index contributed by atoms with van der Waals surface area (Å²) in [6.45, 7) is 2.96. The zero-order valence-corrected chi connectivity index (χ0v) is 14.6. The molecule has 0 aliphatic carbocycles. The summed E-state index contributed by atoms with van der Waals surface area (Å²) >= 11 is 0. The van der Waals surface area contributed by atoms with E-state index in [1.807, 2.05) is 33.3 Å². The third-order valence-electron chi connectivity index (χ3n) is 4.83. The number of hydrogen-bond acceptors (Lipinski definition) is 7. The number of aromatic nitrogens is 1. The van der Waals surface area contributed by atoms with Gasteiger partial charge in [-0.05, 0) is 38.8 Å². The molecule has 7 heteroatoms. The molecule has 2 aliphatic rings. The second kappa shape index (κ2) is 7.86. The van der Waals surface area contributed by atoms with Crippen molar-refractivity contribution in [3.05, 3.63) is 30.1 Å². The minimum atomic E-state index is -0.537. The normalized spacial score (nSPS) is 32.7. The lowest BCUT2D eigenvalue weighted by atomic mass is 9.95. The number of nitrogens with zero attached hydrogens (tertiary/aromatic N) is 3. The summed E-state index contributed by atoms with van der Waals surface area (Å²) in [6.07, 6.45) is 2.56. The topological polar surface area (TPSA) is 70.1 Å². The van der Waals surface area contributed by atoms with Crippen LogP contribution in [0.1, 0.15) is 5.56 Å². The second-order valence-electron chi connectivity index (χ2n) is 6.90. The maximum absolute atomic E-state index is 10.9. The molecule has 3 rings (SSSR count). The van der Waals surface area contributed by atoms with Crippen LogP contribution in [0.15, 0.2) is 24.5 Å². The predicted molar refractivity (Wildman–Crippen MR) is 90.5 cm³/mol. The van der Waals surface area contributed by atoms with Crippen molar-refractivity contribution in [3.8, 4) is 0 Å². The first kappa shape index (κ1) is 17.7. The Morgan fingerprint density at radius 1 is 1.25 bits per heavy atom. The van der Waals surface area contributed by atoms with Crippen molar-refractivity contribution in [1.29, 1.82) is 0 Å². The first-order valence-electron chi connectivity index (χ1n) is 8.48. The molecule has 3 heterocycles. The van der Waals surface area contributed by atoms with Gasteiger partial charge >= 0.3 is 0 Å². The molecule has 2 bridgehead atoms. The molecule has 5 atom stereocenters. The van der Waals surface area contributed by atoms with Gasteiger partial charge in [0.05, 0.1) is 24.8 Å². The Labute approximate surface area is 143 Å². The van der Waals surface area contributed by atoms with Crippen molar-refractivity contribution in [3.63, 3.8) is 0 Å². The molecule has 7 nitrogen and oxygen atoms in total. The highest BCUT2D eigenvalue weighted by Crippen LogP contribution is 2.31. The van der Waals surface area contributed by atoms with E-state index in [2.05, 4.69) is 20.1 Å². The number of aliphatic hydroxyl groups is 1. The molecule has 0 saturated carbocycles. The molecule has 2 fully saturated rings. The monoisotopic (exact) mass is 336 g/mol. The van der Waals surface area contributed by atoms with Crippen molar-refractivity contribution in [2.45, 2.75) is 37.1 Å². The Bertz CT molecular complexity index is 516. The van der Waals surface area contributed by atoms with Crippen LogP contribution in [0, 0.1) is 0 Å². The largest absolute Gasteiger partial charge is 0.390 e. The number of rotatable bonds is 7. The van der Waals surface area contributed by atoms with Crippen LogP contribution in [-0.2, 0) is 16.0 Å². The molecule has 1 aromatic rings. The van der Waals surface area contributed by atoms with Crippen LogP contribution in [0.3, 0.4) is 0 Å². The Morgan fingerprint density at radius 2 is 2.00 bits per heavy atom. The Hall–Kier alpha value is -1.09. The molecular weight excluding hydrogens is 308 g/mol. The highest BCUT2D eigenvalue weighted by Gasteiger charge is 2.51. The average molecular weight is 336 g/mol. The fourth-order valence-corrected chi connectivity index (χ4v) is 3.37. The predicted octanol–water partition coefficient (Wildman–Crippen LogP) is -0.482. The van der Waals surface area contributed by atoms with Crippen molar-refractivity contribution < 1.29 is 14.6 Å². The van der Waals surface area contributed by atoms with E-state index in [4.69, 9.17) is 9.47 Å². The van der Waals surface area contributed by atoms with E-state index in [1.165, 1.54) is 0 Å². The van der Waals surface area contributed by atoms with Crippen LogP contribution in [0.5, 0.6) is 0 Å². The van der Waals surface area contributed by atoms with Crippen LogP contribution < -0.4 is 5.32 Å². The number of fused-ring (bicyclic) bond motifs is 2. The molecule has 134 valence electrons. The second-order valence-corrected chi connectivity index (χ2v) is 6.90. The van der Waals surface area contributed by atoms with Crippen LogP contribution in [0.25, 0.3) is 0 Å². The van der Waals surface area contributed by atoms with E-state index in [-0.39, 0.29) is 24.5 Å². The Kier molecular flexibility index (Phi) is 5.80. The summed E-state index contributed by atoms with van der Waals surface area (Å²) in [5.74, 6) is 0. The maximum Gasteiger partial charge on any atom is 0.176 e. The minimum Gasteiger partial charge on any atom is -0.390 e. The van der Waals surface area contributed by atoms with Gasteiger partial charge in [-0.3, -0.25) is 9.88 Å². The zero-order valence-electron chi connectivity index (χ0n) is 14.6. The summed E-state index contributed by atoms with van der Waals surface area (Å²) in [7, 11) is 6.11. The summed E-state index contributed by atoms with van der Waals surface area (Å²) in [5, 5.41) is 14.4. The van der Waals surface area contributed by atoms with Gasteiger partial charge in [0.25, 0.3) is 0 Å². The number of hydrogen-bond donors (Lipinski definition) is 2. The Morgan fingerprint density at radius 3 is 2.71 bits per heavy atom. The molecule has 2 aliphatic heterocycles. The smallest absolute Gasteiger partial charge is 0.176 e. The molecule has 0 spiro atoms. The molecule has 24 heavy (non-hydrogen) atoms. The van der Waals surface area contributed by atoms with E-state index < -0.39 is 6.10 Å². The summed E-state index contributed by atoms with van der Waals surface area (Å²) < 4.78 is 11.8. The first-order valence-corrected chi connectivity index (χ1v) is 8.48. The fourth-order valence-electron chi connectivity index (χ4n) is 3.37. The van der Waals surface area contributed by atoms with E-state index >= 15 is 0 Å². The SMILES string of the molecule is CN(C)CCN(C)[C@@H]1[C@@H]2OC[C@H](O2)[C@@H](NCc2ccncc2)[C@@H]1O. The number of ether oxygens (including phenoxy) is 2. The zero-order chi connectivity index (χ0) is 17.1. The fraction of sp³-hybridized carbons (Fsp3) is 0.706. The van der Waals surface area contributed by atoms with Crippen molar-refractivity contribution in [1.82, 2.24) is 20.1 Å². The highest BCUT2D eigenvalue weighted by molar-refractivity contribution is 5.10. The van der Waals surface area contributed by atoms with Crippen molar-refractivity contribution in [2.24, 2.45) is 0 Å². The molecule has 0 aromatic carbocycles.